The number of allylic oxidation sites excluding steroid dienone is 3. The fourth-order valence-electron chi connectivity index (χ4n) is 3.83. The molecule has 6 heteroatoms. The molecule has 0 fully saturated rings. The highest BCUT2D eigenvalue weighted by Crippen LogP contribution is 2.47. The number of hydrogen-bond acceptors (Lipinski definition) is 5. The molecule has 2 aliphatic carbocycles. The van der Waals surface area contributed by atoms with Gasteiger partial charge in [0.05, 0.1) is 0 Å². The highest BCUT2D eigenvalue weighted by atomic mass is 16.4. The molecule has 0 spiro atoms. The lowest BCUT2D eigenvalue weighted by Gasteiger charge is -2.30. The van der Waals surface area contributed by atoms with Crippen LogP contribution in [0.25, 0.3) is 0 Å². The highest BCUT2D eigenvalue weighted by molar-refractivity contribution is 6.54. The topological polar surface area (TPSA) is 106 Å². The van der Waals surface area contributed by atoms with Gasteiger partial charge in [0.15, 0.2) is 11.6 Å². The molecule has 2 aromatic rings. The van der Waals surface area contributed by atoms with Gasteiger partial charge in [-0.15, -0.1) is 0 Å². The van der Waals surface area contributed by atoms with E-state index in [4.69, 9.17) is 0 Å². The third kappa shape index (κ3) is 2.11. The molecule has 0 saturated heterocycles. The van der Waals surface area contributed by atoms with Crippen molar-refractivity contribution in [3.63, 3.8) is 0 Å². The first-order valence-electron chi connectivity index (χ1n) is 8.39. The molecule has 0 heterocycles. The molecule has 0 bridgehead atoms. The van der Waals surface area contributed by atoms with E-state index in [0.29, 0.717) is 0 Å². The predicted octanol–water partition coefficient (Wildman–Crippen LogP) is 2.09. The molecule has 0 aliphatic heterocycles. The van der Waals surface area contributed by atoms with Gasteiger partial charge in [-0.1, -0.05) is 60.7 Å². The van der Waals surface area contributed by atoms with Gasteiger partial charge in [0, 0.05) is 11.1 Å². The molecular weight excluding hydrogens is 360 g/mol. The number of benzene rings is 2. The zero-order chi connectivity index (χ0) is 20.1. The number of carboxylic acid groups (broad SMARTS) is 1. The number of aliphatic carboxylic acids is 1. The Labute approximate surface area is 158 Å². The Morgan fingerprint density at radius 2 is 1.29 bits per heavy atom. The van der Waals surface area contributed by atoms with Gasteiger partial charge in [0.1, 0.15) is 11.0 Å². The minimum atomic E-state index is -2.04. The van der Waals surface area contributed by atoms with Crippen molar-refractivity contribution in [2.45, 2.75) is 5.41 Å². The number of carbonyl (C=O) groups is 5. The van der Waals surface area contributed by atoms with Crippen molar-refractivity contribution in [3.8, 4) is 0 Å². The lowest BCUT2D eigenvalue weighted by molar-refractivity contribution is -0.138. The molecule has 0 unspecified atom stereocenters. The first-order chi connectivity index (χ1) is 13.4. The quantitative estimate of drug-likeness (QED) is 0.383. The smallest absolute Gasteiger partial charge is 0.340 e. The molecule has 0 atom stereocenters. The molecule has 2 aromatic carbocycles. The lowest BCUT2D eigenvalue weighted by Crippen LogP contribution is -2.43. The molecule has 0 radical (unpaired) electrons. The second kappa shape index (κ2) is 6.06. The van der Waals surface area contributed by atoms with E-state index in [-0.39, 0.29) is 22.3 Å². The van der Waals surface area contributed by atoms with Crippen LogP contribution in [0.2, 0.25) is 0 Å². The van der Waals surface area contributed by atoms with Gasteiger partial charge >= 0.3 is 5.97 Å². The van der Waals surface area contributed by atoms with Crippen molar-refractivity contribution in [1.82, 2.24) is 0 Å². The summed E-state index contributed by atoms with van der Waals surface area (Å²) < 4.78 is 0. The molecule has 0 amide bonds. The van der Waals surface area contributed by atoms with Crippen LogP contribution in [0.4, 0.5) is 0 Å². The van der Waals surface area contributed by atoms with Crippen LogP contribution in [0.3, 0.4) is 0 Å². The van der Waals surface area contributed by atoms with E-state index in [1.54, 1.807) is 30.3 Å². The SMILES string of the molecule is O=C(O)C1=C(C2(c3ccccc3)C(=O)c3ccccc3C2=O)C=CC(=O)C1=O. The number of rotatable bonds is 3. The number of carboxylic acids is 1. The summed E-state index contributed by atoms with van der Waals surface area (Å²) in [6.07, 6.45) is 2.00. The number of Topliss-reactive ketones (excluding diaryl/α,β-unsaturated/α-hetero) is 3. The molecule has 2 aliphatic rings. The van der Waals surface area contributed by atoms with Crippen molar-refractivity contribution in [1.29, 1.82) is 0 Å². The van der Waals surface area contributed by atoms with Crippen LogP contribution < -0.4 is 0 Å². The standard InChI is InChI=1S/C22H12O6/c23-16-11-10-15(17(18(16)24)21(27)28)22(12-6-2-1-3-7-12)19(25)13-8-4-5-9-14(13)20(22)26/h1-11H,(H,27,28). The predicted molar refractivity (Wildman–Crippen MR) is 97.0 cm³/mol. The van der Waals surface area contributed by atoms with Crippen molar-refractivity contribution < 1.29 is 29.1 Å². The average Bonchev–Trinajstić information content (AvgIpc) is 2.93. The molecule has 4 rings (SSSR count). The van der Waals surface area contributed by atoms with Crippen LogP contribution in [0, 0.1) is 0 Å². The summed E-state index contributed by atoms with van der Waals surface area (Å²) in [4.78, 5) is 63.0. The molecule has 0 saturated carbocycles. The van der Waals surface area contributed by atoms with E-state index < -0.39 is 40.1 Å². The van der Waals surface area contributed by atoms with Crippen molar-refractivity contribution >= 4 is 29.1 Å². The molecule has 136 valence electrons. The van der Waals surface area contributed by atoms with Crippen LogP contribution in [-0.2, 0) is 19.8 Å². The zero-order valence-electron chi connectivity index (χ0n) is 14.3. The van der Waals surface area contributed by atoms with E-state index in [9.17, 15) is 29.1 Å². The summed E-state index contributed by atoms with van der Waals surface area (Å²) >= 11 is 0. The maximum Gasteiger partial charge on any atom is 0.340 e. The highest BCUT2D eigenvalue weighted by Gasteiger charge is 2.58. The van der Waals surface area contributed by atoms with Crippen molar-refractivity contribution in [2.24, 2.45) is 0 Å². The Morgan fingerprint density at radius 3 is 1.82 bits per heavy atom. The normalized spacial score (nSPS) is 17.9. The second-order valence-corrected chi connectivity index (χ2v) is 6.44. The third-order valence-corrected chi connectivity index (χ3v) is 5.04. The Morgan fingerprint density at radius 1 is 0.750 bits per heavy atom. The summed E-state index contributed by atoms with van der Waals surface area (Å²) in [5, 5.41) is 9.62. The Hall–Kier alpha value is -3.93. The molecule has 1 N–H and O–H groups in total. The zero-order valence-corrected chi connectivity index (χ0v) is 14.3. The molecule has 6 nitrogen and oxygen atoms in total. The van der Waals surface area contributed by atoms with Gasteiger partial charge in [-0.2, -0.15) is 0 Å². The van der Waals surface area contributed by atoms with Crippen molar-refractivity contribution in [2.75, 3.05) is 0 Å². The first-order valence-corrected chi connectivity index (χ1v) is 8.39. The fraction of sp³-hybridized carbons (Fsp3) is 0.0455. The largest absolute Gasteiger partial charge is 0.478 e. The Kier molecular flexibility index (Phi) is 3.78. The Balaban J connectivity index is 2.14. The van der Waals surface area contributed by atoms with Crippen LogP contribution in [-0.4, -0.2) is 34.2 Å². The van der Waals surface area contributed by atoms with Crippen LogP contribution in [0.15, 0.2) is 77.9 Å². The van der Waals surface area contributed by atoms with Gasteiger partial charge in [-0.3, -0.25) is 19.2 Å². The van der Waals surface area contributed by atoms with Crippen molar-refractivity contribution in [3.05, 3.63) is 94.6 Å². The van der Waals surface area contributed by atoms with E-state index >= 15 is 0 Å². The van der Waals surface area contributed by atoms with Crippen LogP contribution in [0.1, 0.15) is 26.3 Å². The number of carbonyl (C=O) groups excluding carboxylic acids is 4. The van der Waals surface area contributed by atoms with Gasteiger partial charge in [0.2, 0.25) is 11.6 Å². The Bertz CT molecular complexity index is 1120. The van der Waals surface area contributed by atoms with Gasteiger partial charge < -0.3 is 5.11 Å². The third-order valence-electron chi connectivity index (χ3n) is 5.04. The molecule has 28 heavy (non-hydrogen) atoms. The van der Waals surface area contributed by atoms with E-state index in [0.717, 1.165) is 12.2 Å². The van der Waals surface area contributed by atoms with E-state index in [2.05, 4.69) is 0 Å². The van der Waals surface area contributed by atoms with E-state index in [1.807, 2.05) is 0 Å². The maximum absolute atomic E-state index is 13.5. The summed E-state index contributed by atoms with van der Waals surface area (Å²) in [6, 6.07) is 14.1. The molecular formula is C22H12O6. The van der Waals surface area contributed by atoms with Gasteiger partial charge in [-0.05, 0) is 17.2 Å². The monoisotopic (exact) mass is 372 g/mol. The van der Waals surface area contributed by atoms with Crippen LogP contribution >= 0.6 is 0 Å². The number of fused-ring (bicyclic) bond motifs is 1. The summed E-state index contributed by atoms with van der Waals surface area (Å²) in [7, 11) is 0. The van der Waals surface area contributed by atoms with Crippen LogP contribution in [0.5, 0.6) is 0 Å². The lowest BCUT2D eigenvalue weighted by atomic mass is 9.67. The summed E-state index contributed by atoms with van der Waals surface area (Å²) in [6.45, 7) is 0. The van der Waals surface area contributed by atoms with Gasteiger partial charge in [0.25, 0.3) is 0 Å². The summed E-state index contributed by atoms with van der Waals surface area (Å²) in [5.41, 5.74) is -2.65. The average molecular weight is 372 g/mol. The second-order valence-electron chi connectivity index (χ2n) is 6.44. The van der Waals surface area contributed by atoms with E-state index in [1.165, 1.54) is 24.3 Å². The maximum atomic E-state index is 13.5. The van der Waals surface area contributed by atoms with Gasteiger partial charge in [-0.25, -0.2) is 4.79 Å². The molecule has 0 aromatic heterocycles. The fourth-order valence-corrected chi connectivity index (χ4v) is 3.83. The minimum absolute atomic E-state index is 0.145. The number of hydrogen-bond donors (Lipinski definition) is 1. The minimum Gasteiger partial charge on any atom is -0.478 e. The first kappa shape index (κ1) is 17.5. The summed E-state index contributed by atoms with van der Waals surface area (Å²) in [5.74, 6) is -5.18. The number of ketones is 4.